The molecular weight excluding hydrogens is 755 g/mol. The highest BCUT2D eigenvalue weighted by Gasteiger charge is 2.48. The first-order valence-electron chi connectivity index (χ1n) is 19.5. The predicted octanol–water partition coefficient (Wildman–Crippen LogP) is 2.33. The molecule has 2 fully saturated rings. The molecule has 16 nitrogen and oxygen atoms in total. The maximum Gasteiger partial charge on any atom is 0.410 e. The lowest BCUT2D eigenvalue weighted by atomic mass is 9.85. The molecule has 2 heterocycles. The molecule has 1 aromatic carbocycles. The maximum atomic E-state index is 14.7. The maximum absolute atomic E-state index is 14.7. The van der Waals surface area contributed by atoms with Crippen LogP contribution in [-0.2, 0) is 46.9 Å². The largest absolute Gasteiger partial charge is 0.444 e. The molecule has 1 aromatic rings. The highest BCUT2D eigenvalue weighted by molar-refractivity contribution is 7.88. The number of hydrogen-bond donors (Lipinski definition) is 4. The van der Waals surface area contributed by atoms with Crippen LogP contribution in [0.3, 0.4) is 0 Å². The molecule has 57 heavy (non-hydrogen) atoms. The van der Waals surface area contributed by atoms with E-state index < -0.39 is 86.8 Å². The Labute approximate surface area is 336 Å². The Bertz CT molecular complexity index is 1800. The SMILES string of the molecule is C=CCNC(=O)C(=O)C(CC1CC1)NC(=O)C1C[C@@H](OC(=O)N2CCc3ccccc3C2)CN1C(=O)C(NC(=O)N[C@H](CN(C)S(C)(=O)=O)C(C)(C)C)C(C)(C)C. The smallest absolute Gasteiger partial charge is 0.410 e. The van der Waals surface area contributed by atoms with E-state index in [0.29, 0.717) is 19.5 Å². The van der Waals surface area contributed by atoms with Gasteiger partial charge in [-0.2, -0.15) is 0 Å². The number of carbonyl (C=O) groups is 6. The summed E-state index contributed by atoms with van der Waals surface area (Å²) >= 11 is 0. The van der Waals surface area contributed by atoms with Crippen molar-refractivity contribution >= 4 is 45.7 Å². The number of fused-ring (bicyclic) bond motifs is 1. The van der Waals surface area contributed by atoms with Crippen LogP contribution in [0.25, 0.3) is 0 Å². The third-order valence-corrected chi connectivity index (χ3v) is 12.1. The Balaban J connectivity index is 1.59. The molecule has 316 valence electrons. The van der Waals surface area contributed by atoms with E-state index in [2.05, 4.69) is 27.8 Å². The van der Waals surface area contributed by atoms with Crippen molar-refractivity contribution in [3.63, 3.8) is 0 Å². The van der Waals surface area contributed by atoms with E-state index in [1.807, 2.05) is 45.0 Å². The van der Waals surface area contributed by atoms with Gasteiger partial charge < -0.3 is 35.8 Å². The van der Waals surface area contributed by atoms with Crippen molar-refractivity contribution in [3.8, 4) is 0 Å². The monoisotopic (exact) mass is 815 g/mol. The van der Waals surface area contributed by atoms with Crippen molar-refractivity contribution in [2.45, 2.75) is 110 Å². The van der Waals surface area contributed by atoms with Crippen LogP contribution in [0, 0.1) is 16.7 Å². The number of Topliss-reactive ketones (excluding diaryl/α,β-unsaturated/α-hetero) is 1. The molecule has 3 unspecified atom stereocenters. The van der Waals surface area contributed by atoms with Gasteiger partial charge in [0, 0.05) is 45.7 Å². The third-order valence-electron chi connectivity index (χ3n) is 10.8. The number of nitrogens with zero attached hydrogens (tertiary/aromatic N) is 3. The van der Waals surface area contributed by atoms with E-state index in [-0.39, 0.29) is 38.4 Å². The van der Waals surface area contributed by atoms with Gasteiger partial charge in [0.05, 0.1) is 18.8 Å². The average molecular weight is 816 g/mol. The number of urea groups is 1. The van der Waals surface area contributed by atoms with Crippen molar-refractivity contribution in [2.24, 2.45) is 16.7 Å². The molecule has 4 N–H and O–H groups in total. The Hall–Kier alpha value is -4.51. The van der Waals surface area contributed by atoms with Gasteiger partial charge in [0.2, 0.25) is 27.6 Å². The number of hydrogen-bond acceptors (Lipinski definition) is 9. The van der Waals surface area contributed by atoms with Crippen LogP contribution in [0.1, 0.15) is 78.4 Å². The quantitative estimate of drug-likeness (QED) is 0.151. The molecule has 17 heteroatoms. The van der Waals surface area contributed by atoms with E-state index >= 15 is 0 Å². The molecule has 1 saturated carbocycles. The van der Waals surface area contributed by atoms with Crippen LogP contribution in [0.5, 0.6) is 0 Å². The van der Waals surface area contributed by atoms with Crippen LogP contribution < -0.4 is 21.3 Å². The third kappa shape index (κ3) is 12.5. The predicted molar refractivity (Wildman–Crippen MR) is 214 cm³/mol. The lowest BCUT2D eigenvalue weighted by Gasteiger charge is -2.37. The summed E-state index contributed by atoms with van der Waals surface area (Å²) in [6.45, 7) is 15.0. The number of likely N-dealkylation sites (tertiary alicyclic amines) is 1. The van der Waals surface area contributed by atoms with Gasteiger partial charge in [-0.25, -0.2) is 22.3 Å². The number of benzene rings is 1. The summed E-state index contributed by atoms with van der Waals surface area (Å²) in [7, 11) is -2.15. The van der Waals surface area contributed by atoms with Crippen molar-refractivity contribution < 1.29 is 41.9 Å². The molecular formula is C40H61N7O9S. The van der Waals surface area contributed by atoms with Crippen LogP contribution in [0.15, 0.2) is 36.9 Å². The van der Waals surface area contributed by atoms with E-state index in [1.54, 1.807) is 25.7 Å². The summed E-state index contributed by atoms with van der Waals surface area (Å²) in [5.41, 5.74) is 0.657. The van der Waals surface area contributed by atoms with Crippen molar-refractivity contribution in [2.75, 3.05) is 39.5 Å². The van der Waals surface area contributed by atoms with Crippen LogP contribution in [-0.4, -0.2) is 128 Å². The molecule has 3 aliphatic rings. The standard InChI is InChI=1S/C40H61N7O9S/c1-10-18-41-35(50)32(48)29(20-25-15-16-25)42-34(49)30-21-28(56-38(53)46-19-17-26-13-11-12-14-27(26)22-46)23-47(30)36(51)33(40(5,6)7)44-37(52)43-31(39(2,3)4)24-45(8)57(9,54)55/h10-14,25,28-31,33H,1,15-24H2,2-9H3,(H,41,50)(H,42,49)(H2,43,44,52)/t28-,29?,30?,31-,33?/m1/s1. The van der Waals surface area contributed by atoms with E-state index in [9.17, 15) is 37.2 Å². The highest BCUT2D eigenvalue weighted by Crippen LogP contribution is 2.34. The topological polar surface area (TPSA) is 204 Å². The van der Waals surface area contributed by atoms with E-state index in [1.165, 1.54) is 18.0 Å². The Morgan fingerprint density at radius 2 is 1.63 bits per heavy atom. The fraction of sp³-hybridized carbons (Fsp3) is 0.650. The second-order valence-electron chi connectivity index (χ2n) is 17.7. The van der Waals surface area contributed by atoms with Gasteiger partial charge in [0.15, 0.2) is 0 Å². The zero-order valence-electron chi connectivity index (χ0n) is 34.6. The molecule has 1 saturated heterocycles. The zero-order chi connectivity index (χ0) is 42.5. The van der Waals surface area contributed by atoms with Gasteiger partial charge in [-0.1, -0.05) is 84.7 Å². The summed E-state index contributed by atoms with van der Waals surface area (Å²) in [4.78, 5) is 84.9. The summed E-state index contributed by atoms with van der Waals surface area (Å²) < 4.78 is 31.5. The summed E-state index contributed by atoms with van der Waals surface area (Å²) in [5, 5.41) is 10.8. The van der Waals surface area contributed by atoms with Crippen molar-refractivity contribution in [3.05, 3.63) is 48.0 Å². The molecule has 0 aromatic heterocycles. The first kappa shape index (κ1) is 45.2. The molecule has 0 spiro atoms. The molecule has 4 rings (SSSR count). The first-order valence-corrected chi connectivity index (χ1v) is 21.4. The van der Waals surface area contributed by atoms with Crippen LogP contribution in [0.4, 0.5) is 9.59 Å². The average Bonchev–Trinajstić information content (AvgIpc) is 3.85. The Morgan fingerprint density at radius 3 is 2.21 bits per heavy atom. The highest BCUT2D eigenvalue weighted by atomic mass is 32.2. The van der Waals surface area contributed by atoms with Gasteiger partial charge in [-0.05, 0) is 40.7 Å². The fourth-order valence-electron chi connectivity index (χ4n) is 6.91. The normalized spacial score (nSPS) is 20.1. The van der Waals surface area contributed by atoms with Crippen molar-refractivity contribution in [1.29, 1.82) is 0 Å². The molecule has 2 aliphatic heterocycles. The number of ketones is 1. The number of ether oxygens (including phenoxy) is 1. The number of nitrogens with one attached hydrogen (secondary N) is 4. The van der Waals surface area contributed by atoms with Crippen LogP contribution in [0.2, 0.25) is 0 Å². The molecule has 1 aliphatic carbocycles. The van der Waals surface area contributed by atoms with Gasteiger partial charge in [-0.3, -0.25) is 19.2 Å². The minimum absolute atomic E-state index is 0.0275. The lowest BCUT2D eigenvalue weighted by Crippen LogP contribution is -2.62. The number of carbonyl (C=O) groups excluding carboxylic acids is 6. The summed E-state index contributed by atoms with van der Waals surface area (Å²) in [5.74, 6) is -2.86. The Morgan fingerprint density at radius 1 is 0.982 bits per heavy atom. The van der Waals surface area contributed by atoms with E-state index in [0.717, 1.165) is 34.5 Å². The number of likely N-dealkylation sites (N-methyl/N-ethyl adjacent to an activating group) is 1. The molecule has 0 bridgehead atoms. The second-order valence-corrected chi connectivity index (χ2v) is 19.8. The minimum Gasteiger partial charge on any atom is -0.444 e. The zero-order valence-corrected chi connectivity index (χ0v) is 35.4. The van der Waals surface area contributed by atoms with Gasteiger partial charge in [0.25, 0.3) is 5.91 Å². The first-order chi connectivity index (χ1) is 26.5. The Kier molecular flexibility index (Phi) is 14.6. The number of rotatable bonds is 15. The molecule has 6 amide bonds. The molecule has 0 radical (unpaired) electrons. The van der Waals surface area contributed by atoms with Gasteiger partial charge in [-0.15, -0.1) is 6.58 Å². The summed E-state index contributed by atoms with van der Waals surface area (Å²) in [6.07, 6.45) is 3.50. The molecule has 5 atom stereocenters. The van der Waals surface area contributed by atoms with Crippen molar-refractivity contribution in [1.82, 2.24) is 35.4 Å². The van der Waals surface area contributed by atoms with E-state index in [4.69, 9.17) is 4.74 Å². The minimum atomic E-state index is -3.56. The number of sulfonamides is 1. The van der Waals surface area contributed by atoms with Gasteiger partial charge >= 0.3 is 12.1 Å². The number of amides is 6. The summed E-state index contributed by atoms with van der Waals surface area (Å²) in [6, 6.07) is 2.86. The van der Waals surface area contributed by atoms with Crippen LogP contribution >= 0.6 is 0 Å². The van der Waals surface area contributed by atoms with Gasteiger partial charge in [0.1, 0.15) is 18.2 Å². The fourth-order valence-corrected chi connectivity index (χ4v) is 7.33. The second kappa shape index (κ2) is 18.4. The lowest BCUT2D eigenvalue weighted by molar-refractivity contribution is -0.144.